The minimum atomic E-state index is -0.195. The van der Waals surface area contributed by atoms with Crippen molar-refractivity contribution in [1.82, 2.24) is 5.32 Å². The average molecular weight is 542 g/mol. The Hall–Kier alpha value is -0.990. The van der Waals surface area contributed by atoms with E-state index >= 15 is 0 Å². The average Bonchev–Trinajstić information content (AvgIpc) is 3.22. The van der Waals surface area contributed by atoms with Crippen LogP contribution in [0.2, 0.25) is 0 Å². The van der Waals surface area contributed by atoms with Crippen LogP contribution in [0.3, 0.4) is 0 Å². The third kappa shape index (κ3) is 7.45. The highest BCUT2D eigenvalue weighted by Crippen LogP contribution is 2.66. The molecule has 3 saturated carbocycles. The van der Waals surface area contributed by atoms with Crippen LogP contribution < -0.4 is 5.32 Å². The molecule has 0 radical (unpaired) electrons. The van der Waals surface area contributed by atoms with Gasteiger partial charge < -0.3 is 10.1 Å². The van der Waals surface area contributed by atoms with Crippen LogP contribution in [0.5, 0.6) is 0 Å². The quantitative estimate of drug-likeness (QED) is 0.186. The van der Waals surface area contributed by atoms with Crippen molar-refractivity contribution in [2.45, 2.75) is 157 Å². The molecular weight excluding hydrogens is 478 g/mol. The number of rotatable bonds is 13. The number of amides is 1. The van der Waals surface area contributed by atoms with E-state index in [-0.39, 0.29) is 12.2 Å². The van der Waals surface area contributed by atoms with Crippen LogP contribution in [0.4, 0.5) is 4.79 Å². The van der Waals surface area contributed by atoms with Crippen LogP contribution in [0.25, 0.3) is 0 Å². The molecule has 4 rings (SSSR count). The Kier molecular flexibility index (Phi) is 10.9. The van der Waals surface area contributed by atoms with Crippen molar-refractivity contribution in [2.24, 2.45) is 46.3 Å². The second-order valence-corrected chi connectivity index (χ2v) is 15.6. The molecule has 0 aliphatic heterocycles. The van der Waals surface area contributed by atoms with Crippen LogP contribution in [-0.2, 0) is 4.74 Å². The summed E-state index contributed by atoms with van der Waals surface area (Å²) in [5, 5.41) is 3.03. The van der Waals surface area contributed by atoms with Gasteiger partial charge in [-0.2, -0.15) is 0 Å². The third-order valence-electron chi connectivity index (χ3n) is 12.1. The van der Waals surface area contributed by atoms with Crippen LogP contribution >= 0.6 is 0 Å². The van der Waals surface area contributed by atoms with E-state index in [1.54, 1.807) is 5.57 Å². The molecule has 0 heterocycles. The number of allylic oxidation sites excluding steroid dienone is 1. The Morgan fingerprint density at radius 2 is 1.62 bits per heavy atom. The number of carbonyl (C=O) groups is 1. The maximum Gasteiger partial charge on any atom is 0.407 e. The van der Waals surface area contributed by atoms with E-state index in [2.05, 4.69) is 52.9 Å². The van der Waals surface area contributed by atoms with Gasteiger partial charge in [0.25, 0.3) is 0 Å². The molecule has 1 amide bonds. The van der Waals surface area contributed by atoms with Gasteiger partial charge in [-0.25, -0.2) is 4.79 Å². The van der Waals surface area contributed by atoms with Crippen molar-refractivity contribution in [3.63, 3.8) is 0 Å². The maximum absolute atomic E-state index is 12.5. The Balaban J connectivity index is 1.24. The monoisotopic (exact) mass is 541 g/mol. The largest absolute Gasteiger partial charge is 0.446 e. The van der Waals surface area contributed by atoms with Gasteiger partial charge >= 0.3 is 6.09 Å². The smallest absolute Gasteiger partial charge is 0.407 e. The lowest BCUT2D eigenvalue weighted by Crippen LogP contribution is -2.50. The molecule has 7 unspecified atom stereocenters. The van der Waals surface area contributed by atoms with Gasteiger partial charge in [0.15, 0.2) is 0 Å². The number of ether oxygens (including phenoxy) is 1. The van der Waals surface area contributed by atoms with E-state index in [1.807, 2.05) is 0 Å². The first-order valence-electron chi connectivity index (χ1n) is 17.3. The number of hydrogen-bond acceptors (Lipinski definition) is 2. The van der Waals surface area contributed by atoms with Crippen molar-refractivity contribution in [1.29, 1.82) is 0 Å². The van der Waals surface area contributed by atoms with Crippen molar-refractivity contribution < 1.29 is 9.53 Å². The first-order chi connectivity index (χ1) is 18.6. The van der Waals surface area contributed by atoms with Crippen LogP contribution in [-0.4, -0.2) is 18.7 Å². The highest BCUT2D eigenvalue weighted by molar-refractivity contribution is 5.67. The molecule has 0 aromatic rings. The minimum Gasteiger partial charge on any atom is -0.446 e. The number of fused-ring (bicyclic) bond motifs is 5. The molecule has 7 atom stereocenters. The fourth-order valence-corrected chi connectivity index (χ4v) is 9.67. The van der Waals surface area contributed by atoms with Crippen LogP contribution in [0.15, 0.2) is 11.6 Å². The Morgan fingerprint density at radius 1 is 0.897 bits per heavy atom. The van der Waals surface area contributed by atoms with E-state index in [4.69, 9.17) is 4.74 Å². The first-order valence-corrected chi connectivity index (χ1v) is 17.3. The van der Waals surface area contributed by atoms with Crippen molar-refractivity contribution in [3.8, 4) is 0 Å². The Morgan fingerprint density at radius 3 is 2.36 bits per heavy atom. The lowest BCUT2D eigenvalue weighted by atomic mass is 9.47. The highest BCUT2D eigenvalue weighted by Gasteiger charge is 2.58. The standard InChI is InChI=1S/C36H63NO2/c1-26(2)13-9-7-8-12-24-37-34(38)39-30-20-22-36(6)29(25-30)16-18-31-32-19-17-28(15-11-10-14-27(3)4)35(32,5)23-21-33(31)36/h16,26-28,30-33H,7-15,17-25H2,1-6H3,(H,37,38). The van der Waals surface area contributed by atoms with Crippen molar-refractivity contribution in [3.05, 3.63) is 11.6 Å². The fraction of sp³-hybridized carbons (Fsp3) is 0.917. The zero-order valence-corrected chi connectivity index (χ0v) is 26.7. The number of nitrogens with one attached hydrogen (secondary N) is 1. The predicted octanol–water partition coefficient (Wildman–Crippen LogP) is 10.5. The van der Waals surface area contributed by atoms with E-state index < -0.39 is 0 Å². The number of alkyl carbamates (subject to hydrolysis) is 1. The fourth-order valence-electron chi connectivity index (χ4n) is 9.67. The minimum absolute atomic E-state index is 0.0578. The zero-order chi connectivity index (χ0) is 28.0. The second-order valence-electron chi connectivity index (χ2n) is 15.6. The van der Waals surface area contributed by atoms with Crippen molar-refractivity contribution in [2.75, 3.05) is 6.54 Å². The number of hydrogen-bond donors (Lipinski definition) is 1. The lowest BCUT2D eigenvalue weighted by Gasteiger charge is -2.58. The molecule has 3 nitrogen and oxygen atoms in total. The molecule has 0 saturated heterocycles. The summed E-state index contributed by atoms with van der Waals surface area (Å²) in [6.07, 6.45) is 24.6. The molecule has 4 aliphatic rings. The lowest BCUT2D eigenvalue weighted by molar-refractivity contribution is -0.0519. The van der Waals surface area contributed by atoms with Gasteiger partial charge in [-0.3, -0.25) is 0 Å². The summed E-state index contributed by atoms with van der Waals surface area (Å²) in [4.78, 5) is 12.5. The van der Waals surface area contributed by atoms with Gasteiger partial charge in [-0.1, -0.05) is 98.1 Å². The Bertz CT molecular complexity index is 817. The molecule has 1 N–H and O–H groups in total. The van der Waals surface area contributed by atoms with Gasteiger partial charge in [0.05, 0.1) is 0 Å². The maximum atomic E-state index is 12.5. The summed E-state index contributed by atoms with van der Waals surface area (Å²) in [6, 6.07) is 0. The van der Waals surface area contributed by atoms with E-state index in [9.17, 15) is 4.79 Å². The van der Waals surface area contributed by atoms with E-state index in [1.165, 1.54) is 89.9 Å². The second kappa shape index (κ2) is 13.8. The van der Waals surface area contributed by atoms with Gasteiger partial charge in [0.1, 0.15) is 6.10 Å². The van der Waals surface area contributed by atoms with Crippen LogP contribution in [0, 0.1) is 46.3 Å². The number of carbonyl (C=O) groups excluding carboxylic acids is 1. The molecular formula is C36H63NO2. The third-order valence-corrected chi connectivity index (χ3v) is 12.1. The normalized spacial score (nSPS) is 35.8. The summed E-state index contributed by atoms with van der Waals surface area (Å²) in [7, 11) is 0. The summed E-state index contributed by atoms with van der Waals surface area (Å²) >= 11 is 0. The zero-order valence-electron chi connectivity index (χ0n) is 26.7. The topological polar surface area (TPSA) is 38.3 Å². The molecule has 0 aromatic heterocycles. The van der Waals surface area contributed by atoms with Gasteiger partial charge in [0, 0.05) is 13.0 Å². The molecule has 0 aromatic carbocycles. The molecule has 224 valence electrons. The van der Waals surface area contributed by atoms with E-state index in [0.717, 1.165) is 61.3 Å². The molecule has 3 fully saturated rings. The molecule has 0 spiro atoms. The van der Waals surface area contributed by atoms with E-state index in [0.29, 0.717) is 10.8 Å². The highest BCUT2D eigenvalue weighted by atomic mass is 16.6. The van der Waals surface area contributed by atoms with Gasteiger partial charge in [0.2, 0.25) is 0 Å². The summed E-state index contributed by atoms with van der Waals surface area (Å²) in [5.41, 5.74) is 2.52. The number of unbranched alkanes of at least 4 members (excludes halogenated alkanes) is 4. The van der Waals surface area contributed by atoms with Crippen LogP contribution in [0.1, 0.15) is 151 Å². The predicted molar refractivity (Wildman–Crippen MR) is 165 cm³/mol. The van der Waals surface area contributed by atoms with Crippen molar-refractivity contribution >= 4 is 6.09 Å². The molecule has 0 bridgehead atoms. The van der Waals surface area contributed by atoms with Gasteiger partial charge in [-0.15, -0.1) is 0 Å². The molecule has 4 aliphatic carbocycles. The molecule has 39 heavy (non-hydrogen) atoms. The Labute approximate surface area is 242 Å². The molecule has 3 heteroatoms. The SMILES string of the molecule is CC(C)CCCCCCNC(=O)OC1CCC2(C)C(=CCC3C2CCC2(C)C(CCCCC(C)C)CCC32)C1. The summed E-state index contributed by atoms with van der Waals surface area (Å²) in [5.74, 6) is 5.23. The van der Waals surface area contributed by atoms with Gasteiger partial charge in [-0.05, 0) is 104 Å². The summed E-state index contributed by atoms with van der Waals surface area (Å²) < 4.78 is 5.95. The first kappa shape index (κ1) is 31.0. The summed E-state index contributed by atoms with van der Waals surface area (Å²) in [6.45, 7) is 15.3.